The summed E-state index contributed by atoms with van der Waals surface area (Å²) in [5, 5.41) is 7.97. The van der Waals surface area contributed by atoms with E-state index in [4.69, 9.17) is 14.1 Å². The smallest absolute Gasteiger partial charge is 0.191 e. The van der Waals surface area contributed by atoms with Crippen molar-refractivity contribution in [2.75, 3.05) is 26.8 Å². The minimum atomic E-state index is 0. The van der Waals surface area contributed by atoms with Gasteiger partial charge in [0.2, 0.25) is 0 Å². The maximum absolute atomic E-state index is 5.85. The molecule has 1 aliphatic rings. The summed E-state index contributed by atoms with van der Waals surface area (Å²) < 4.78 is 11.1. The van der Waals surface area contributed by atoms with Crippen molar-refractivity contribution in [2.24, 2.45) is 10.4 Å². The number of fused-ring (bicyclic) bond motifs is 1. The van der Waals surface area contributed by atoms with E-state index < -0.39 is 0 Å². The first-order valence-corrected chi connectivity index (χ1v) is 9.23. The van der Waals surface area contributed by atoms with Gasteiger partial charge in [-0.1, -0.05) is 24.6 Å². The molecule has 1 fully saturated rings. The zero-order chi connectivity index (χ0) is 17.5. The van der Waals surface area contributed by atoms with E-state index >= 15 is 0 Å². The van der Waals surface area contributed by atoms with Crippen LogP contribution >= 0.6 is 24.0 Å². The van der Waals surface area contributed by atoms with Crippen LogP contribution in [0.25, 0.3) is 11.0 Å². The number of rotatable bonds is 8. The molecule has 1 aliphatic carbocycles. The van der Waals surface area contributed by atoms with Crippen molar-refractivity contribution in [2.45, 2.75) is 39.2 Å². The number of para-hydroxylation sites is 1. The number of benzene rings is 1. The van der Waals surface area contributed by atoms with Crippen molar-refractivity contribution in [1.29, 1.82) is 0 Å². The Labute approximate surface area is 173 Å². The van der Waals surface area contributed by atoms with Crippen molar-refractivity contribution >= 4 is 40.9 Å². The van der Waals surface area contributed by atoms with E-state index in [1.54, 1.807) is 7.11 Å². The maximum Gasteiger partial charge on any atom is 0.191 e. The van der Waals surface area contributed by atoms with E-state index in [2.05, 4.69) is 29.7 Å². The van der Waals surface area contributed by atoms with Crippen LogP contribution in [0.2, 0.25) is 0 Å². The summed E-state index contributed by atoms with van der Waals surface area (Å²) in [6.45, 7) is 5.24. The van der Waals surface area contributed by atoms with Gasteiger partial charge in [-0.25, -0.2) is 4.99 Å². The monoisotopic (exact) mass is 471 g/mol. The van der Waals surface area contributed by atoms with Crippen molar-refractivity contribution < 1.29 is 9.15 Å². The molecule has 0 bridgehead atoms. The lowest BCUT2D eigenvalue weighted by Crippen LogP contribution is -2.46. The predicted molar refractivity (Wildman–Crippen MR) is 117 cm³/mol. The van der Waals surface area contributed by atoms with E-state index in [1.807, 2.05) is 18.2 Å². The van der Waals surface area contributed by atoms with Gasteiger partial charge < -0.3 is 19.8 Å². The van der Waals surface area contributed by atoms with Crippen LogP contribution < -0.4 is 10.6 Å². The number of ether oxygens (including phenoxy) is 1. The van der Waals surface area contributed by atoms with Crippen molar-refractivity contribution in [3.05, 3.63) is 36.1 Å². The molecule has 0 atom stereocenters. The molecule has 1 heterocycles. The van der Waals surface area contributed by atoms with Gasteiger partial charge in [0.05, 0.1) is 0 Å². The second-order valence-electron chi connectivity index (χ2n) is 6.90. The zero-order valence-electron chi connectivity index (χ0n) is 15.7. The Kier molecular flexibility index (Phi) is 8.21. The van der Waals surface area contributed by atoms with Crippen LogP contribution in [0.4, 0.5) is 0 Å². The molecule has 5 nitrogen and oxygen atoms in total. The van der Waals surface area contributed by atoms with Gasteiger partial charge in [0.25, 0.3) is 0 Å². The lowest BCUT2D eigenvalue weighted by Gasteiger charge is -2.42. The van der Waals surface area contributed by atoms with Gasteiger partial charge in [-0.3, -0.25) is 0 Å². The van der Waals surface area contributed by atoms with E-state index in [0.717, 1.165) is 48.8 Å². The van der Waals surface area contributed by atoms with E-state index in [-0.39, 0.29) is 24.0 Å². The SMILES string of the molecule is CCNC(=NCc1cc2ccccc2o1)NCC1(CCOC)CCC1.I. The molecule has 0 unspecified atom stereocenters. The van der Waals surface area contributed by atoms with Crippen LogP contribution in [-0.2, 0) is 11.3 Å². The average molecular weight is 471 g/mol. The quantitative estimate of drug-likeness (QED) is 0.342. The van der Waals surface area contributed by atoms with Gasteiger partial charge >= 0.3 is 0 Å². The maximum atomic E-state index is 5.85. The normalized spacial score (nSPS) is 16.0. The summed E-state index contributed by atoms with van der Waals surface area (Å²) in [7, 11) is 1.78. The molecule has 2 N–H and O–H groups in total. The third-order valence-corrected chi connectivity index (χ3v) is 5.10. The highest BCUT2D eigenvalue weighted by Gasteiger charge is 2.36. The van der Waals surface area contributed by atoms with Gasteiger partial charge in [-0.15, -0.1) is 24.0 Å². The summed E-state index contributed by atoms with van der Waals surface area (Å²) >= 11 is 0. The molecule has 1 aromatic heterocycles. The molecule has 6 heteroatoms. The molecule has 144 valence electrons. The third kappa shape index (κ3) is 5.36. The van der Waals surface area contributed by atoms with Crippen LogP contribution in [0.15, 0.2) is 39.7 Å². The topological polar surface area (TPSA) is 58.8 Å². The molecule has 1 aromatic carbocycles. The molecule has 0 amide bonds. The van der Waals surface area contributed by atoms with E-state index in [1.165, 1.54) is 19.3 Å². The number of nitrogens with zero attached hydrogens (tertiary/aromatic N) is 1. The number of halogens is 1. The summed E-state index contributed by atoms with van der Waals surface area (Å²) in [5.41, 5.74) is 1.28. The molecule has 0 aliphatic heterocycles. The number of guanidine groups is 1. The molecular weight excluding hydrogens is 441 g/mol. The van der Waals surface area contributed by atoms with Gasteiger partial charge in [0.15, 0.2) is 5.96 Å². The highest BCUT2D eigenvalue weighted by atomic mass is 127. The number of nitrogens with one attached hydrogen (secondary N) is 2. The van der Waals surface area contributed by atoms with Gasteiger partial charge in [-0.2, -0.15) is 0 Å². The number of methoxy groups -OCH3 is 1. The highest BCUT2D eigenvalue weighted by molar-refractivity contribution is 14.0. The van der Waals surface area contributed by atoms with Gasteiger partial charge in [0.1, 0.15) is 17.9 Å². The first kappa shape index (κ1) is 21.0. The lowest BCUT2D eigenvalue weighted by molar-refractivity contribution is 0.0732. The molecule has 26 heavy (non-hydrogen) atoms. The number of aliphatic imine (C=N–C) groups is 1. The van der Waals surface area contributed by atoms with E-state index in [9.17, 15) is 0 Å². The third-order valence-electron chi connectivity index (χ3n) is 5.10. The standard InChI is InChI=1S/C20H29N3O2.HI/c1-3-21-19(23-15-20(9-6-10-20)11-12-24-2)22-14-17-13-16-7-4-5-8-18(16)25-17;/h4-5,7-8,13H,3,6,9-12,14-15H2,1-2H3,(H2,21,22,23);1H. The molecular formula is C20H30IN3O2. The Morgan fingerprint density at radius 3 is 2.73 bits per heavy atom. The highest BCUT2D eigenvalue weighted by Crippen LogP contribution is 2.43. The van der Waals surface area contributed by atoms with Gasteiger partial charge in [0, 0.05) is 32.2 Å². The molecule has 1 saturated carbocycles. The lowest BCUT2D eigenvalue weighted by atomic mass is 9.67. The van der Waals surface area contributed by atoms with Crippen LogP contribution in [0.3, 0.4) is 0 Å². The van der Waals surface area contributed by atoms with Crippen LogP contribution in [-0.4, -0.2) is 32.8 Å². The fraction of sp³-hybridized carbons (Fsp3) is 0.550. The Hall–Kier alpha value is -1.28. The van der Waals surface area contributed by atoms with E-state index in [0.29, 0.717) is 12.0 Å². The summed E-state index contributed by atoms with van der Waals surface area (Å²) in [4.78, 5) is 4.69. The van der Waals surface area contributed by atoms with Crippen LogP contribution in [0, 0.1) is 5.41 Å². The number of furan rings is 1. The second kappa shape index (κ2) is 10.2. The van der Waals surface area contributed by atoms with Crippen molar-refractivity contribution in [3.8, 4) is 0 Å². The first-order chi connectivity index (χ1) is 12.2. The first-order valence-electron chi connectivity index (χ1n) is 9.23. The fourth-order valence-corrected chi connectivity index (χ4v) is 3.40. The molecule has 0 saturated heterocycles. The average Bonchev–Trinajstić information content (AvgIpc) is 3.01. The largest absolute Gasteiger partial charge is 0.459 e. The molecule has 0 radical (unpaired) electrons. The van der Waals surface area contributed by atoms with Gasteiger partial charge in [-0.05, 0) is 43.7 Å². The summed E-state index contributed by atoms with van der Waals surface area (Å²) in [6.07, 6.45) is 4.97. The Balaban J connectivity index is 0.00000243. The fourth-order valence-electron chi connectivity index (χ4n) is 3.40. The second-order valence-corrected chi connectivity index (χ2v) is 6.90. The van der Waals surface area contributed by atoms with Crippen molar-refractivity contribution in [1.82, 2.24) is 10.6 Å². The van der Waals surface area contributed by atoms with Crippen molar-refractivity contribution in [3.63, 3.8) is 0 Å². The summed E-state index contributed by atoms with van der Waals surface area (Å²) in [5.74, 6) is 1.74. The number of hydrogen-bond donors (Lipinski definition) is 2. The zero-order valence-corrected chi connectivity index (χ0v) is 18.0. The minimum absolute atomic E-state index is 0. The number of hydrogen-bond acceptors (Lipinski definition) is 3. The molecule has 0 spiro atoms. The predicted octanol–water partition coefficient (Wildman–Crippen LogP) is 4.31. The summed E-state index contributed by atoms with van der Waals surface area (Å²) in [6, 6.07) is 10.1. The molecule has 3 rings (SSSR count). The Morgan fingerprint density at radius 2 is 2.08 bits per heavy atom. The van der Waals surface area contributed by atoms with Crippen LogP contribution in [0.1, 0.15) is 38.4 Å². The minimum Gasteiger partial charge on any atom is -0.459 e. The van der Waals surface area contributed by atoms with Crippen LogP contribution in [0.5, 0.6) is 0 Å². The molecule has 2 aromatic rings. The Morgan fingerprint density at radius 1 is 1.27 bits per heavy atom. The Bertz CT molecular complexity index is 677.